The van der Waals surface area contributed by atoms with Crippen LogP contribution in [0.3, 0.4) is 0 Å². The molecule has 0 aromatic rings. The molecule has 0 N–H and O–H groups in total. The molecule has 134 valence electrons. The van der Waals surface area contributed by atoms with Gasteiger partial charge in [0, 0.05) is 20.0 Å². The van der Waals surface area contributed by atoms with Crippen LogP contribution in [-0.2, 0) is 23.7 Å². The van der Waals surface area contributed by atoms with E-state index in [0.29, 0.717) is 19.1 Å². The molecule has 3 heterocycles. The third-order valence-corrected chi connectivity index (χ3v) is 6.74. The van der Waals surface area contributed by atoms with Gasteiger partial charge in [-0.25, -0.2) is 0 Å². The fraction of sp³-hybridized carbons (Fsp3) is 0.895. The quantitative estimate of drug-likeness (QED) is 0.726. The van der Waals surface area contributed by atoms with Crippen molar-refractivity contribution in [3.8, 4) is 0 Å². The molecule has 2 spiro atoms. The van der Waals surface area contributed by atoms with E-state index < -0.39 is 0 Å². The highest BCUT2D eigenvalue weighted by atomic mass is 16.8. The molecular weight excluding hydrogens is 308 g/mol. The number of methoxy groups -OCH3 is 1. The van der Waals surface area contributed by atoms with Gasteiger partial charge in [0.15, 0.2) is 12.1 Å². The minimum Gasteiger partial charge on any atom is -0.370 e. The summed E-state index contributed by atoms with van der Waals surface area (Å²) in [5, 5.41) is 0. The number of hydrogen-bond donors (Lipinski definition) is 0. The molecule has 0 aromatic carbocycles. The molecule has 3 aliphatic heterocycles. The smallest absolute Gasteiger partial charge is 0.169 e. The molecule has 24 heavy (non-hydrogen) atoms. The molecule has 2 aliphatic carbocycles. The van der Waals surface area contributed by atoms with Crippen molar-refractivity contribution >= 4 is 0 Å². The van der Waals surface area contributed by atoms with Crippen LogP contribution in [0.4, 0.5) is 0 Å². The summed E-state index contributed by atoms with van der Waals surface area (Å²) in [6.07, 6.45) is 8.68. The Labute approximate surface area is 143 Å². The molecule has 1 saturated carbocycles. The maximum absolute atomic E-state index is 6.44. The Bertz CT molecular complexity index is 540. The Hall–Kier alpha value is -0.460. The van der Waals surface area contributed by atoms with Crippen molar-refractivity contribution in [1.29, 1.82) is 0 Å². The summed E-state index contributed by atoms with van der Waals surface area (Å²) in [5.41, 5.74) is 1.24. The Morgan fingerprint density at radius 3 is 2.83 bits per heavy atom. The molecule has 0 radical (unpaired) electrons. The van der Waals surface area contributed by atoms with Crippen LogP contribution in [0.15, 0.2) is 11.6 Å². The summed E-state index contributed by atoms with van der Waals surface area (Å²) in [5.74, 6) is 0.182. The van der Waals surface area contributed by atoms with E-state index in [2.05, 4.69) is 13.0 Å². The molecule has 0 unspecified atom stereocenters. The van der Waals surface area contributed by atoms with Crippen molar-refractivity contribution in [2.24, 2.45) is 11.3 Å². The van der Waals surface area contributed by atoms with E-state index in [4.69, 9.17) is 23.7 Å². The predicted molar refractivity (Wildman–Crippen MR) is 86.3 cm³/mol. The number of ether oxygens (including phenoxy) is 5. The predicted octanol–water partition coefficient (Wildman–Crippen LogP) is 2.78. The largest absolute Gasteiger partial charge is 0.370 e. The lowest BCUT2D eigenvalue weighted by Crippen LogP contribution is -2.43. The third-order valence-electron chi connectivity index (χ3n) is 6.74. The van der Waals surface area contributed by atoms with Gasteiger partial charge in [0.25, 0.3) is 0 Å². The molecule has 3 saturated heterocycles. The van der Waals surface area contributed by atoms with E-state index in [-0.39, 0.29) is 35.8 Å². The zero-order valence-electron chi connectivity index (χ0n) is 14.7. The molecular formula is C19H28O5. The summed E-state index contributed by atoms with van der Waals surface area (Å²) in [4.78, 5) is 0. The van der Waals surface area contributed by atoms with Gasteiger partial charge in [-0.2, -0.15) is 0 Å². The van der Waals surface area contributed by atoms with Crippen molar-refractivity contribution in [3.05, 3.63) is 11.6 Å². The average Bonchev–Trinajstić information content (AvgIpc) is 3.28. The second-order valence-corrected chi connectivity index (χ2v) is 8.25. The standard InChI is InChI=1S/C19H28O5/c1-12-8-13-10-21-16-15(23-17(20-2)19(13,16)9-12)14-11-22-18(24-14)6-4-3-5-7-18/h8,12,14-17H,3-7,9-11H2,1-2H3/t12-,14-,15-,16+,17+,19+/m1/s1. The van der Waals surface area contributed by atoms with Crippen LogP contribution < -0.4 is 0 Å². The summed E-state index contributed by atoms with van der Waals surface area (Å²) in [7, 11) is 1.74. The first-order valence-corrected chi connectivity index (χ1v) is 9.50. The zero-order chi connectivity index (χ0) is 16.4. The lowest BCUT2D eigenvalue weighted by molar-refractivity contribution is -0.212. The monoisotopic (exact) mass is 336 g/mol. The first kappa shape index (κ1) is 15.8. The summed E-state index contributed by atoms with van der Waals surface area (Å²) >= 11 is 0. The molecule has 5 nitrogen and oxygen atoms in total. The third kappa shape index (κ3) is 2.05. The lowest BCUT2D eigenvalue weighted by atomic mass is 9.76. The van der Waals surface area contributed by atoms with Crippen LogP contribution in [0.1, 0.15) is 45.4 Å². The number of allylic oxidation sites excluding steroid dienone is 1. The minimum atomic E-state index is -0.370. The molecule has 0 aromatic heterocycles. The van der Waals surface area contributed by atoms with Gasteiger partial charge in [0.1, 0.15) is 18.3 Å². The van der Waals surface area contributed by atoms with Crippen LogP contribution >= 0.6 is 0 Å². The highest BCUT2D eigenvalue weighted by Gasteiger charge is 2.67. The zero-order valence-corrected chi connectivity index (χ0v) is 14.7. The highest BCUT2D eigenvalue weighted by Crippen LogP contribution is 2.59. The Morgan fingerprint density at radius 1 is 1.21 bits per heavy atom. The van der Waals surface area contributed by atoms with E-state index in [1.807, 2.05) is 0 Å². The van der Waals surface area contributed by atoms with Crippen LogP contribution in [0, 0.1) is 11.3 Å². The molecule has 0 amide bonds. The van der Waals surface area contributed by atoms with Gasteiger partial charge in [-0.3, -0.25) is 0 Å². The fourth-order valence-electron chi connectivity index (χ4n) is 5.78. The van der Waals surface area contributed by atoms with Crippen molar-refractivity contribution in [2.75, 3.05) is 20.3 Å². The van der Waals surface area contributed by atoms with Gasteiger partial charge in [0.2, 0.25) is 0 Å². The van der Waals surface area contributed by atoms with E-state index in [1.54, 1.807) is 7.11 Å². The SMILES string of the molecule is CO[C@H]1O[C@H]([C@H]2COC3(CCCCC3)O2)[C@@H]2OCC3=C[C@@H](C)C[C@@]312. The lowest BCUT2D eigenvalue weighted by Gasteiger charge is -2.33. The summed E-state index contributed by atoms with van der Waals surface area (Å²) < 4.78 is 30.9. The Morgan fingerprint density at radius 2 is 2.04 bits per heavy atom. The van der Waals surface area contributed by atoms with Crippen LogP contribution in [0.5, 0.6) is 0 Å². The maximum atomic E-state index is 6.44. The minimum absolute atomic E-state index is 0.0194. The van der Waals surface area contributed by atoms with E-state index >= 15 is 0 Å². The van der Waals surface area contributed by atoms with Gasteiger partial charge in [-0.1, -0.05) is 19.4 Å². The van der Waals surface area contributed by atoms with Crippen molar-refractivity contribution in [2.45, 2.75) is 75.8 Å². The highest BCUT2D eigenvalue weighted by molar-refractivity contribution is 5.33. The Kier molecular flexibility index (Phi) is 3.62. The van der Waals surface area contributed by atoms with Gasteiger partial charge in [-0.05, 0) is 30.8 Å². The number of rotatable bonds is 2. The van der Waals surface area contributed by atoms with Gasteiger partial charge < -0.3 is 23.7 Å². The fourth-order valence-corrected chi connectivity index (χ4v) is 5.78. The van der Waals surface area contributed by atoms with Crippen molar-refractivity contribution < 1.29 is 23.7 Å². The van der Waals surface area contributed by atoms with Crippen LogP contribution in [0.25, 0.3) is 0 Å². The van der Waals surface area contributed by atoms with Crippen LogP contribution in [0.2, 0.25) is 0 Å². The van der Waals surface area contributed by atoms with Crippen molar-refractivity contribution in [1.82, 2.24) is 0 Å². The molecule has 5 rings (SSSR count). The summed E-state index contributed by atoms with van der Waals surface area (Å²) in [6.45, 7) is 3.57. The molecule has 6 atom stereocenters. The molecule has 0 bridgehead atoms. The van der Waals surface area contributed by atoms with E-state index in [0.717, 1.165) is 19.3 Å². The topological polar surface area (TPSA) is 46.2 Å². The first-order valence-electron chi connectivity index (χ1n) is 9.50. The second kappa shape index (κ2) is 5.52. The van der Waals surface area contributed by atoms with Crippen molar-refractivity contribution in [3.63, 3.8) is 0 Å². The second-order valence-electron chi connectivity index (χ2n) is 8.25. The maximum Gasteiger partial charge on any atom is 0.169 e. The van der Waals surface area contributed by atoms with E-state index in [1.165, 1.54) is 24.8 Å². The Balaban J connectivity index is 1.40. The molecule has 4 fully saturated rings. The molecule has 5 heteroatoms. The molecule has 5 aliphatic rings. The number of hydrogen-bond acceptors (Lipinski definition) is 5. The summed E-state index contributed by atoms with van der Waals surface area (Å²) in [6, 6.07) is 0. The van der Waals surface area contributed by atoms with Gasteiger partial charge in [-0.15, -0.1) is 0 Å². The van der Waals surface area contributed by atoms with Crippen LogP contribution in [-0.4, -0.2) is 50.7 Å². The average molecular weight is 336 g/mol. The normalized spacial score (nSPS) is 49.4. The van der Waals surface area contributed by atoms with E-state index in [9.17, 15) is 0 Å². The van der Waals surface area contributed by atoms with Gasteiger partial charge >= 0.3 is 0 Å². The van der Waals surface area contributed by atoms with Gasteiger partial charge in [0.05, 0.1) is 18.6 Å². The first-order chi connectivity index (χ1) is 11.7.